The van der Waals surface area contributed by atoms with Gasteiger partial charge in [-0.3, -0.25) is 14.2 Å². The van der Waals surface area contributed by atoms with Gasteiger partial charge < -0.3 is 4.90 Å². The highest BCUT2D eigenvalue weighted by Gasteiger charge is 2.21. The summed E-state index contributed by atoms with van der Waals surface area (Å²) in [6.45, 7) is 3.83. The summed E-state index contributed by atoms with van der Waals surface area (Å²) >= 11 is 0. The van der Waals surface area contributed by atoms with Gasteiger partial charge in [-0.15, -0.1) is 0 Å². The molecule has 1 aliphatic rings. The molecule has 0 saturated carbocycles. The molecule has 0 bridgehead atoms. The lowest BCUT2D eigenvalue weighted by molar-refractivity contribution is -0.133. The number of nitrogens with zero attached hydrogens (tertiary/aromatic N) is 3. The largest absolute Gasteiger partial charge is 0.341 e. The normalized spacial score (nSPS) is 18.9. The molecule has 2 aromatic rings. The van der Waals surface area contributed by atoms with Crippen LogP contribution in [-0.2, 0) is 11.3 Å². The number of fused-ring (bicyclic) bond motifs is 1. The van der Waals surface area contributed by atoms with Crippen molar-refractivity contribution in [1.82, 2.24) is 14.5 Å². The molecule has 0 spiro atoms. The number of piperidine rings is 1. The van der Waals surface area contributed by atoms with E-state index in [4.69, 9.17) is 0 Å². The predicted molar refractivity (Wildman–Crippen MR) is 81.0 cm³/mol. The summed E-state index contributed by atoms with van der Waals surface area (Å²) < 4.78 is 1.52. The van der Waals surface area contributed by atoms with Crippen molar-refractivity contribution >= 4 is 16.9 Å². The molecular formula is C16H19N3O2. The first kappa shape index (κ1) is 13.8. The minimum Gasteiger partial charge on any atom is -0.341 e. The zero-order chi connectivity index (χ0) is 14.8. The van der Waals surface area contributed by atoms with Gasteiger partial charge in [0.2, 0.25) is 5.91 Å². The van der Waals surface area contributed by atoms with Crippen LogP contribution in [0.2, 0.25) is 0 Å². The summed E-state index contributed by atoms with van der Waals surface area (Å²) in [6, 6.07) is 7.40. The molecule has 1 aliphatic heterocycles. The fourth-order valence-corrected chi connectivity index (χ4v) is 2.93. The lowest BCUT2D eigenvalue weighted by atomic mass is 10.0. The minimum atomic E-state index is -0.230. The maximum atomic E-state index is 12.5. The minimum absolute atomic E-state index is 0.0139. The molecule has 110 valence electrons. The molecule has 1 atom stereocenters. The molecule has 5 heteroatoms. The molecule has 1 aromatic carbocycles. The number of likely N-dealkylation sites (tertiary alicyclic amines) is 1. The van der Waals surface area contributed by atoms with E-state index in [0.29, 0.717) is 11.4 Å². The van der Waals surface area contributed by atoms with Crippen molar-refractivity contribution in [2.75, 3.05) is 13.1 Å². The molecular weight excluding hydrogens is 266 g/mol. The van der Waals surface area contributed by atoms with E-state index < -0.39 is 0 Å². The number of para-hydroxylation sites is 2. The highest BCUT2D eigenvalue weighted by Crippen LogP contribution is 2.16. The quantitative estimate of drug-likeness (QED) is 0.843. The van der Waals surface area contributed by atoms with Crippen LogP contribution in [0.3, 0.4) is 0 Å². The van der Waals surface area contributed by atoms with Crippen molar-refractivity contribution in [3.05, 3.63) is 40.8 Å². The van der Waals surface area contributed by atoms with Crippen LogP contribution in [0.15, 0.2) is 35.3 Å². The van der Waals surface area contributed by atoms with Crippen molar-refractivity contribution in [3.8, 4) is 0 Å². The average Bonchev–Trinajstić information content (AvgIpc) is 2.50. The second kappa shape index (κ2) is 5.68. The van der Waals surface area contributed by atoms with Crippen LogP contribution < -0.4 is 5.56 Å². The lowest BCUT2D eigenvalue weighted by Gasteiger charge is -2.31. The monoisotopic (exact) mass is 285 g/mol. The zero-order valence-electron chi connectivity index (χ0n) is 12.2. The Kier molecular flexibility index (Phi) is 3.73. The average molecular weight is 285 g/mol. The number of hydrogen-bond acceptors (Lipinski definition) is 3. The highest BCUT2D eigenvalue weighted by molar-refractivity contribution is 5.80. The first-order valence-corrected chi connectivity index (χ1v) is 7.37. The number of hydrogen-bond donors (Lipinski definition) is 0. The molecule has 1 fully saturated rings. The molecule has 1 amide bonds. The van der Waals surface area contributed by atoms with Crippen molar-refractivity contribution in [2.24, 2.45) is 5.92 Å². The first-order chi connectivity index (χ1) is 10.1. The number of carbonyl (C=O) groups excluding carboxylic acids is 1. The molecule has 5 nitrogen and oxygen atoms in total. The Morgan fingerprint density at radius 3 is 3.00 bits per heavy atom. The smallest absolute Gasteiger partial charge is 0.269 e. The van der Waals surface area contributed by atoms with Gasteiger partial charge in [0.1, 0.15) is 6.54 Å². The van der Waals surface area contributed by atoms with Crippen LogP contribution in [0.4, 0.5) is 0 Å². The van der Waals surface area contributed by atoms with Crippen LogP contribution in [0.25, 0.3) is 11.0 Å². The lowest BCUT2D eigenvalue weighted by Crippen LogP contribution is -2.42. The molecule has 0 N–H and O–H groups in total. The van der Waals surface area contributed by atoms with Crippen molar-refractivity contribution < 1.29 is 4.79 Å². The second-order valence-electron chi connectivity index (χ2n) is 5.76. The molecule has 2 heterocycles. The third-order valence-corrected chi connectivity index (χ3v) is 4.06. The van der Waals surface area contributed by atoms with Gasteiger partial charge in [-0.2, -0.15) is 0 Å². The number of rotatable bonds is 2. The Morgan fingerprint density at radius 2 is 2.19 bits per heavy atom. The maximum absolute atomic E-state index is 12.5. The van der Waals surface area contributed by atoms with Crippen LogP contribution in [0.5, 0.6) is 0 Å². The van der Waals surface area contributed by atoms with E-state index in [1.54, 1.807) is 0 Å². The Morgan fingerprint density at radius 1 is 1.38 bits per heavy atom. The summed E-state index contributed by atoms with van der Waals surface area (Å²) in [6.07, 6.45) is 3.50. The number of amides is 1. The molecule has 3 rings (SSSR count). The van der Waals surface area contributed by atoms with Crippen LogP contribution in [0, 0.1) is 5.92 Å². The number of aromatic nitrogens is 2. The van der Waals surface area contributed by atoms with E-state index in [2.05, 4.69) is 11.9 Å². The Bertz CT molecular complexity index is 723. The summed E-state index contributed by atoms with van der Waals surface area (Å²) in [4.78, 5) is 30.5. The molecule has 0 radical (unpaired) electrons. The van der Waals surface area contributed by atoms with Gasteiger partial charge in [0, 0.05) is 13.1 Å². The van der Waals surface area contributed by atoms with Crippen molar-refractivity contribution in [2.45, 2.75) is 26.3 Å². The first-order valence-electron chi connectivity index (χ1n) is 7.37. The van der Waals surface area contributed by atoms with Crippen LogP contribution >= 0.6 is 0 Å². The third-order valence-electron chi connectivity index (χ3n) is 4.06. The fourth-order valence-electron chi connectivity index (χ4n) is 2.93. The number of benzene rings is 1. The summed E-state index contributed by atoms with van der Waals surface area (Å²) in [5.74, 6) is 0.550. The Labute approximate surface area is 123 Å². The van der Waals surface area contributed by atoms with Gasteiger partial charge in [0.05, 0.1) is 17.2 Å². The van der Waals surface area contributed by atoms with Gasteiger partial charge in [0.25, 0.3) is 5.56 Å². The van der Waals surface area contributed by atoms with E-state index in [1.165, 1.54) is 17.2 Å². The molecule has 1 aromatic heterocycles. The maximum Gasteiger partial charge on any atom is 0.269 e. The van der Waals surface area contributed by atoms with Crippen molar-refractivity contribution in [1.29, 1.82) is 0 Å². The Balaban J connectivity index is 1.89. The predicted octanol–water partition coefficient (Wildman–Crippen LogP) is 1.65. The van der Waals surface area contributed by atoms with Crippen LogP contribution in [0.1, 0.15) is 19.8 Å². The fraction of sp³-hybridized carbons (Fsp3) is 0.438. The summed E-state index contributed by atoms with van der Waals surface area (Å²) in [5.41, 5.74) is 1.22. The molecule has 0 aliphatic carbocycles. The number of carbonyl (C=O) groups is 1. The standard InChI is InChI=1S/C16H19N3O2/c1-12-5-4-8-18(10-12)16(21)11-19-14-7-3-2-6-13(14)17-9-15(19)20/h2-3,6-7,9,12H,4-5,8,10-11H2,1H3. The van der Waals surface area contributed by atoms with E-state index in [9.17, 15) is 9.59 Å². The van der Waals surface area contributed by atoms with Crippen LogP contribution in [-0.4, -0.2) is 33.4 Å². The van der Waals surface area contributed by atoms with Gasteiger partial charge >= 0.3 is 0 Å². The molecule has 1 unspecified atom stereocenters. The van der Waals surface area contributed by atoms with Gasteiger partial charge in [-0.1, -0.05) is 19.1 Å². The zero-order valence-corrected chi connectivity index (χ0v) is 12.2. The van der Waals surface area contributed by atoms with Gasteiger partial charge in [-0.05, 0) is 30.9 Å². The topological polar surface area (TPSA) is 55.2 Å². The Hall–Kier alpha value is -2.17. The summed E-state index contributed by atoms with van der Waals surface area (Å²) in [7, 11) is 0. The van der Waals surface area contributed by atoms with E-state index in [-0.39, 0.29) is 18.0 Å². The van der Waals surface area contributed by atoms with E-state index in [0.717, 1.165) is 25.0 Å². The molecule has 21 heavy (non-hydrogen) atoms. The van der Waals surface area contributed by atoms with Gasteiger partial charge in [-0.25, -0.2) is 4.98 Å². The van der Waals surface area contributed by atoms with Crippen molar-refractivity contribution in [3.63, 3.8) is 0 Å². The van der Waals surface area contributed by atoms with E-state index in [1.807, 2.05) is 29.2 Å². The SMILES string of the molecule is CC1CCCN(C(=O)Cn2c(=O)cnc3ccccc32)C1. The van der Waals surface area contributed by atoms with Gasteiger partial charge in [0.15, 0.2) is 0 Å². The summed E-state index contributed by atoms with van der Waals surface area (Å²) in [5, 5.41) is 0. The highest BCUT2D eigenvalue weighted by atomic mass is 16.2. The molecule has 1 saturated heterocycles. The second-order valence-corrected chi connectivity index (χ2v) is 5.76. The third kappa shape index (κ3) is 2.82. The van der Waals surface area contributed by atoms with E-state index >= 15 is 0 Å².